The van der Waals surface area contributed by atoms with E-state index in [2.05, 4.69) is 4.90 Å². The maximum atomic E-state index is 10.9. The van der Waals surface area contributed by atoms with Crippen LogP contribution < -0.4 is 10.6 Å². The molecule has 1 saturated heterocycles. The van der Waals surface area contributed by atoms with Gasteiger partial charge in [0.25, 0.3) is 5.69 Å². The van der Waals surface area contributed by atoms with Gasteiger partial charge < -0.3 is 10.6 Å². The molecule has 1 aliphatic heterocycles. The molecule has 1 fully saturated rings. The summed E-state index contributed by atoms with van der Waals surface area (Å²) in [5, 5.41) is 11.6. The summed E-state index contributed by atoms with van der Waals surface area (Å²) in [6, 6.07) is 12.6. The van der Waals surface area contributed by atoms with E-state index in [-0.39, 0.29) is 10.6 Å². The number of non-ortho nitro benzene ring substituents is 1. The molecule has 0 amide bonds. The Balaban J connectivity index is 1.61. The molecule has 0 atom stereocenters. The minimum absolute atomic E-state index is 0.165. The Labute approximate surface area is 146 Å². The fourth-order valence-electron chi connectivity index (χ4n) is 3.29. The van der Waals surface area contributed by atoms with Crippen LogP contribution in [0.3, 0.4) is 0 Å². The molecular weight excluding hydrogens is 326 g/mol. The molecule has 6 heteroatoms. The molecule has 0 saturated carbocycles. The molecule has 2 N–H and O–H groups in total. The number of nitrogen functional groups attached to an aromatic ring is 1. The van der Waals surface area contributed by atoms with Crippen molar-refractivity contribution in [3.05, 3.63) is 63.2 Å². The molecular formula is C18H20ClN3O2. The van der Waals surface area contributed by atoms with E-state index in [0.29, 0.717) is 16.6 Å². The Hall–Kier alpha value is -2.27. The van der Waals surface area contributed by atoms with Crippen LogP contribution in [0.4, 0.5) is 17.1 Å². The Morgan fingerprint density at radius 2 is 1.96 bits per heavy atom. The lowest BCUT2D eigenvalue weighted by molar-refractivity contribution is -0.384. The van der Waals surface area contributed by atoms with Crippen LogP contribution >= 0.6 is 11.6 Å². The zero-order chi connectivity index (χ0) is 17.1. The van der Waals surface area contributed by atoms with Gasteiger partial charge in [0.2, 0.25) is 0 Å². The number of piperidine rings is 1. The number of hydrogen-bond donors (Lipinski definition) is 1. The Morgan fingerprint density at radius 1 is 1.21 bits per heavy atom. The first kappa shape index (κ1) is 16.6. The first-order chi connectivity index (χ1) is 11.5. The summed E-state index contributed by atoms with van der Waals surface area (Å²) < 4.78 is 0. The number of anilines is 2. The predicted molar refractivity (Wildman–Crippen MR) is 97.6 cm³/mol. The molecule has 0 unspecified atom stereocenters. The summed E-state index contributed by atoms with van der Waals surface area (Å²) in [7, 11) is 0. The Morgan fingerprint density at radius 3 is 2.62 bits per heavy atom. The number of halogens is 1. The van der Waals surface area contributed by atoms with E-state index in [9.17, 15) is 10.1 Å². The second-order valence-corrected chi connectivity index (χ2v) is 6.68. The number of hydrogen-bond acceptors (Lipinski definition) is 4. The van der Waals surface area contributed by atoms with Crippen molar-refractivity contribution in [3.8, 4) is 0 Å². The molecule has 126 valence electrons. The predicted octanol–water partition coefficient (Wildman–Crippen LogP) is 4.29. The molecule has 3 rings (SSSR count). The summed E-state index contributed by atoms with van der Waals surface area (Å²) in [5.74, 6) is 0.538. The van der Waals surface area contributed by atoms with Crippen molar-refractivity contribution >= 4 is 28.7 Å². The first-order valence-electron chi connectivity index (χ1n) is 8.06. The molecule has 0 aromatic heterocycles. The molecule has 0 bridgehead atoms. The van der Waals surface area contributed by atoms with Crippen molar-refractivity contribution in [1.29, 1.82) is 0 Å². The fourth-order valence-corrected chi connectivity index (χ4v) is 3.60. The maximum absolute atomic E-state index is 10.9. The third kappa shape index (κ3) is 3.79. The quantitative estimate of drug-likeness (QED) is 0.509. The average Bonchev–Trinajstić information content (AvgIpc) is 2.56. The monoisotopic (exact) mass is 345 g/mol. The molecule has 2 aromatic carbocycles. The van der Waals surface area contributed by atoms with Gasteiger partial charge in [0.15, 0.2) is 0 Å². The zero-order valence-electron chi connectivity index (χ0n) is 13.3. The molecule has 1 aliphatic rings. The highest BCUT2D eigenvalue weighted by atomic mass is 35.5. The molecule has 24 heavy (non-hydrogen) atoms. The maximum Gasteiger partial charge on any atom is 0.269 e. The second-order valence-electron chi connectivity index (χ2n) is 6.27. The smallest absolute Gasteiger partial charge is 0.269 e. The van der Waals surface area contributed by atoms with E-state index in [1.807, 2.05) is 18.2 Å². The Kier molecular flexibility index (Phi) is 4.90. The summed E-state index contributed by atoms with van der Waals surface area (Å²) >= 11 is 6.29. The van der Waals surface area contributed by atoms with Crippen molar-refractivity contribution < 1.29 is 4.92 Å². The minimum Gasteiger partial charge on any atom is -0.399 e. The van der Waals surface area contributed by atoms with E-state index in [1.54, 1.807) is 18.2 Å². The van der Waals surface area contributed by atoms with Gasteiger partial charge in [-0.3, -0.25) is 10.1 Å². The highest BCUT2D eigenvalue weighted by Gasteiger charge is 2.21. The number of benzene rings is 2. The van der Waals surface area contributed by atoms with Crippen LogP contribution in [-0.4, -0.2) is 18.0 Å². The number of nitrogens with zero attached hydrogens (tertiary/aromatic N) is 2. The van der Waals surface area contributed by atoms with Crippen LogP contribution in [0.5, 0.6) is 0 Å². The van der Waals surface area contributed by atoms with Crippen LogP contribution in [0.25, 0.3) is 0 Å². The van der Waals surface area contributed by atoms with Gasteiger partial charge >= 0.3 is 0 Å². The molecule has 1 heterocycles. The van der Waals surface area contributed by atoms with E-state index in [1.165, 1.54) is 6.07 Å². The minimum atomic E-state index is -0.338. The van der Waals surface area contributed by atoms with Gasteiger partial charge in [-0.15, -0.1) is 0 Å². The Bertz CT molecular complexity index is 743. The van der Waals surface area contributed by atoms with Crippen molar-refractivity contribution in [2.45, 2.75) is 19.3 Å². The number of nitro groups is 1. The van der Waals surface area contributed by atoms with E-state index in [4.69, 9.17) is 17.3 Å². The highest BCUT2D eigenvalue weighted by Crippen LogP contribution is 2.32. The largest absolute Gasteiger partial charge is 0.399 e. The van der Waals surface area contributed by atoms with Crippen molar-refractivity contribution in [2.24, 2.45) is 5.92 Å². The standard InChI is InChI=1S/C18H20ClN3O2/c19-17-12-15(20)4-5-18(17)21-8-6-13(7-9-21)10-14-2-1-3-16(11-14)22(23)24/h1-5,11-13H,6-10,20H2. The molecule has 0 radical (unpaired) electrons. The summed E-state index contributed by atoms with van der Waals surface area (Å²) in [6.07, 6.45) is 2.97. The van der Waals surface area contributed by atoms with Crippen molar-refractivity contribution in [2.75, 3.05) is 23.7 Å². The van der Waals surface area contributed by atoms with Gasteiger partial charge in [-0.2, -0.15) is 0 Å². The normalized spacial score (nSPS) is 15.5. The molecule has 0 spiro atoms. The topological polar surface area (TPSA) is 72.4 Å². The van der Waals surface area contributed by atoms with Crippen LogP contribution in [0.15, 0.2) is 42.5 Å². The van der Waals surface area contributed by atoms with Gasteiger partial charge in [0.1, 0.15) is 0 Å². The lowest BCUT2D eigenvalue weighted by atomic mass is 9.90. The second kappa shape index (κ2) is 7.09. The summed E-state index contributed by atoms with van der Waals surface area (Å²) in [6.45, 7) is 1.87. The fraction of sp³-hybridized carbons (Fsp3) is 0.333. The van der Waals surface area contributed by atoms with Gasteiger partial charge in [-0.25, -0.2) is 0 Å². The van der Waals surface area contributed by atoms with Crippen molar-refractivity contribution in [3.63, 3.8) is 0 Å². The number of nitro benzene ring substituents is 1. The van der Waals surface area contributed by atoms with E-state index in [0.717, 1.165) is 43.6 Å². The van der Waals surface area contributed by atoms with Gasteiger partial charge in [-0.1, -0.05) is 23.7 Å². The first-order valence-corrected chi connectivity index (χ1v) is 8.44. The molecule has 5 nitrogen and oxygen atoms in total. The lowest BCUT2D eigenvalue weighted by Gasteiger charge is -2.34. The summed E-state index contributed by atoms with van der Waals surface area (Å²) in [5.41, 5.74) is 8.65. The van der Waals surface area contributed by atoms with Crippen LogP contribution in [-0.2, 0) is 6.42 Å². The van der Waals surface area contributed by atoms with E-state index >= 15 is 0 Å². The van der Waals surface area contributed by atoms with Gasteiger partial charge in [-0.05, 0) is 48.9 Å². The van der Waals surface area contributed by atoms with Crippen LogP contribution in [0.2, 0.25) is 5.02 Å². The number of rotatable bonds is 4. The summed E-state index contributed by atoms with van der Waals surface area (Å²) in [4.78, 5) is 12.8. The van der Waals surface area contributed by atoms with Crippen molar-refractivity contribution in [1.82, 2.24) is 0 Å². The van der Waals surface area contributed by atoms with Gasteiger partial charge in [0, 0.05) is 30.9 Å². The average molecular weight is 346 g/mol. The third-order valence-electron chi connectivity index (χ3n) is 4.57. The SMILES string of the molecule is Nc1ccc(N2CCC(Cc3cccc([N+](=O)[O-])c3)CC2)c(Cl)c1. The zero-order valence-corrected chi connectivity index (χ0v) is 14.1. The lowest BCUT2D eigenvalue weighted by Crippen LogP contribution is -2.34. The molecule has 2 aromatic rings. The van der Waals surface area contributed by atoms with Gasteiger partial charge in [0.05, 0.1) is 15.6 Å². The highest BCUT2D eigenvalue weighted by molar-refractivity contribution is 6.33. The van der Waals surface area contributed by atoms with Crippen LogP contribution in [0, 0.1) is 16.0 Å². The van der Waals surface area contributed by atoms with E-state index < -0.39 is 0 Å². The van der Waals surface area contributed by atoms with Crippen LogP contribution in [0.1, 0.15) is 18.4 Å². The molecule has 0 aliphatic carbocycles. The number of nitrogens with two attached hydrogens (primary N) is 1. The third-order valence-corrected chi connectivity index (χ3v) is 4.88.